The van der Waals surface area contributed by atoms with Gasteiger partial charge in [-0.25, -0.2) is 0 Å². The molecule has 0 aliphatic heterocycles. The summed E-state index contributed by atoms with van der Waals surface area (Å²) in [7, 11) is 3.03. The van der Waals surface area contributed by atoms with Crippen molar-refractivity contribution in [3.63, 3.8) is 0 Å². The number of anilines is 2. The van der Waals surface area contributed by atoms with E-state index in [1.165, 1.54) is 14.2 Å². The van der Waals surface area contributed by atoms with Gasteiger partial charge in [0.1, 0.15) is 0 Å². The molecule has 0 radical (unpaired) electrons. The van der Waals surface area contributed by atoms with Gasteiger partial charge in [-0.05, 0) is 67.1 Å². The van der Waals surface area contributed by atoms with E-state index in [0.29, 0.717) is 39.6 Å². The molecule has 2 N–H and O–H groups in total. The minimum Gasteiger partial charge on any atom is -0.493 e. The molecule has 7 heteroatoms. The van der Waals surface area contributed by atoms with Crippen LogP contribution >= 0.6 is 0 Å². The third-order valence-electron chi connectivity index (χ3n) is 4.67. The van der Waals surface area contributed by atoms with Crippen LogP contribution in [0.25, 0.3) is 0 Å². The summed E-state index contributed by atoms with van der Waals surface area (Å²) in [6, 6.07) is 18.5. The molecule has 0 atom stereocenters. The molecule has 0 aliphatic rings. The Bertz CT molecular complexity index is 1160. The second-order valence-electron chi connectivity index (χ2n) is 6.70. The zero-order valence-corrected chi connectivity index (χ0v) is 17.4. The van der Waals surface area contributed by atoms with Gasteiger partial charge < -0.3 is 20.1 Å². The van der Waals surface area contributed by atoms with Crippen molar-refractivity contribution in [1.29, 1.82) is 5.26 Å². The molecule has 0 aromatic heterocycles. The minimum atomic E-state index is -0.320. The number of carbonyl (C=O) groups excluding carboxylic acids is 2. The summed E-state index contributed by atoms with van der Waals surface area (Å²) in [5.74, 6) is 0.350. The van der Waals surface area contributed by atoms with E-state index in [0.717, 1.165) is 5.56 Å². The van der Waals surface area contributed by atoms with E-state index in [1.807, 2.05) is 13.0 Å². The van der Waals surface area contributed by atoms with E-state index in [-0.39, 0.29) is 11.8 Å². The highest BCUT2D eigenvalue weighted by atomic mass is 16.5. The Hall–Kier alpha value is -4.31. The monoisotopic (exact) mass is 415 g/mol. The van der Waals surface area contributed by atoms with Crippen LogP contribution in [-0.2, 0) is 0 Å². The number of nitrogens with one attached hydrogen (secondary N) is 2. The standard InChI is InChI=1S/C24H21N3O4/c1-15-4-10-19(26-23(28)17-7-5-16(14-25)6-8-17)13-20(15)27-24(29)18-9-11-21(30-2)22(12-18)31-3/h4-13H,1-3H3,(H,26,28)(H,27,29). The van der Waals surface area contributed by atoms with Crippen molar-refractivity contribution in [1.82, 2.24) is 0 Å². The van der Waals surface area contributed by atoms with Crippen molar-refractivity contribution < 1.29 is 19.1 Å². The maximum Gasteiger partial charge on any atom is 0.255 e. The maximum atomic E-state index is 12.7. The van der Waals surface area contributed by atoms with Crippen LogP contribution in [0.15, 0.2) is 60.7 Å². The number of hydrogen-bond acceptors (Lipinski definition) is 5. The van der Waals surface area contributed by atoms with Crippen molar-refractivity contribution in [2.24, 2.45) is 0 Å². The van der Waals surface area contributed by atoms with Gasteiger partial charge in [-0.1, -0.05) is 6.07 Å². The summed E-state index contributed by atoms with van der Waals surface area (Å²) >= 11 is 0. The Morgan fingerprint density at radius 1 is 0.806 bits per heavy atom. The lowest BCUT2D eigenvalue weighted by Crippen LogP contribution is -2.15. The molecule has 0 heterocycles. The van der Waals surface area contributed by atoms with Crippen LogP contribution in [-0.4, -0.2) is 26.0 Å². The predicted octanol–water partition coefficient (Wildman–Crippen LogP) is 4.39. The van der Waals surface area contributed by atoms with Crippen LogP contribution in [0.4, 0.5) is 11.4 Å². The first kappa shape index (κ1) is 21.4. The van der Waals surface area contributed by atoms with Crippen LogP contribution in [0.2, 0.25) is 0 Å². The summed E-state index contributed by atoms with van der Waals surface area (Å²) < 4.78 is 10.4. The highest BCUT2D eigenvalue weighted by Crippen LogP contribution is 2.28. The van der Waals surface area contributed by atoms with Crippen molar-refractivity contribution in [3.8, 4) is 17.6 Å². The van der Waals surface area contributed by atoms with E-state index < -0.39 is 0 Å². The quantitative estimate of drug-likeness (QED) is 0.622. The average Bonchev–Trinajstić information content (AvgIpc) is 2.80. The Kier molecular flexibility index (Phi) is 6.53. The Labute approximate surface area is 180 Å². The molecule has 0 saturated heterocycles. The van der Waals surface area contributed by atoms with Gasteiger partial charge in [0.25, 0.3) is 11.8 Å². The lowest BCUT2D eigenvalue weighted by atomic mass is 10.1. The number of ether oxygens (including phenoxy) is 2. The second kappa shape index (κ2) is 9.46. The first-order chi connectivity index (χ1) is 14.9. The first-order valence-corrected chi connectivity index (χ1v) is 9.40. The number of hydrogen-bond donors (Lipinski definition) is 2. The first-order valence-electron chi connectivity index (χ1n) is 9.40. The van der Waals surface area contributed by atoms with Crippen LogP contribution < -0.4 is 20.1 Å². The lowest BCUT2D eigenvalue weighted by molar-refractivity contribution is 0.101. The smallest absolute Gasteiger partial charge is 0.255 e. The number of nitrogens with zero attached hydrogens (tertiary/aromatic N) is 1. The van der Waals surface area contributed by atoms with E-state index in [1.54, 1.807) is 60.7 Å². The third-order valence-corrected chi connectivity index (χ3v) is 4.67. The van der Waals surface area contributed by atoms with E-state index in [4.69, 9.17) is 14.7 Å². The van der Waals surface area contributed by atoms with Gasteiger partial charge in [0.15, 0.2) is 11.5 Å². The fourth-order valence-electron chi connectivity index (χ4n) is 2.91. The van der Waals surface area contributed by atoms with E-state index in [2.05, 4.69) is 10.6 Å². The van der Waals surface area contributed by atoms with Crippen molar-refractivity contribution in [3.05, 3.63) is 82.9 Å². The number of benzene rings is 3. The molecule has 0 saturated carbocycles. The van der Waals surface area contributed by atoms with Crippen LogP contribution in [0.3, 0.4) is 0 Å². The zero-order chi connectivity index (χ0) is 22.4. The van der Waals surface area contributed by atoms with Gasteiger partial charge in [-0.15, -0.1) is 0 Å². The fourth-order valence-corrected chi connectivity index (χ4v) is 2.91. The van der Waals surface area contributed by atoms with Gasteiger partial charge in [-0.3, -0.25) is 9.59 Å². The number of rotatable bonds is 6. The molecule has 2 amide bonds. The molecule has 3 rings (SSSR count). The van der Waals surface area contributed by atoms with Crippen molar-refractivity contribution in [2.75, 3.05) is 24.9 Å². The largest absolute Gasteiger partial charge is 0.493 e. The molecule has 31 heavy (non-hydrogen) atoms. The Morgan fingerprint density at radius 2 is 1.45 bits per heavy atom. The summed E-state index contributed by atoms with van der Waals surface area (Å²) in [4.78, 5) is 25.2. The number of nitriles is 1. The molecule has 156 valence electrons. The average molecular weight is 415 g/mol. The number of methoxy groups -OCH3 is 2. The zero-order valence-electron chi connectivity index (χ0n) is 17.4. The third kappa shape index (κ3) is 5.00. The number of amides is 2. The van der Waals surface area contributed by atoms with Crippen LogP contribution in [0.5, 0.6) is 11.5 Å². The molecule has 0 aliphatic carbocycles. The highest BCUT2D eigenvalue weighted by molar-refractivity contribution is 6.07. The van der Waals surface area contributed by atoms with Crippen LogP contribution in [0, 0.1) is 18.3 Å². The van der Waals surface area contributed by atoms with Crippen molar-refractivity contribution >= 4 is 23.2 Å². The number of carbonyl (C=O) groups is 2. The van der Waals surface area contributed by atoms with E-state index in [9.17, 15) is 9.59 Å². The van der Waals surface area contributed by atoms with Gasteiger partial charge in [0, 0.05) is 22.5 Å². The molecular weight excluding hydrogens is 394 g/mol. The molecule has 0 spiro atoms. The second-order valence-corrected chi connectivity index (χ2v) is 6.70. The van der Waals surface area contributed by atoms with E-state index >= 15 is 0 Å². The summed E-state index contributed by atoms with van der Waals surface area (Å²) in [5, 5.41) is 14.5. The minimum absolute atomic E-state index is 0.314. The van der Waals surface area contributed by atoms with Crippen molar-refractivity contribution in [2.45, 2.75) is 6.92 Å². The summed E-state index contributed by atoms with van der Waals surface area (Å²) in [5.41, 5.74) is 3.25. The SMILES string of the molecule is COc1ccc(C(=O)Nc2cc(NC(=O)c3ccc(C#N)cc3)ccc2C)cc1OC. The van der Waals surface area contributed by atoms with Crippen LogP contribution in [0.1, 0.15) is 31.8 Å². The van der Waals surface area contributed by atoms with Gasteiger partial charge in [0.05, 0.1) is 25.9 Å². The molecule has 0 fully saturated rings. The Morgan fingerprint density at radius 3 is 2.10 bits per heavy atom. The molecule has 0 bridgehead atoms. The maximum absolute atomic E-state index is 12.7. The molecule has 0 unspecified atom stereocenters. The normalized spacial score (nSPS) is 10.0. The lowest BCUT2D eigenvalue weighted by Gasteiger charge is -2.13. The highest BCUT2D eigenvalue weighted by Gasteiger charge is 2.13. The predicted molar refractivity (Wildman–Crippen MR) is 118 cm³/mol. The summed E-state index contributed by atoms with van der Waals surface area (Å²) in [6.07, 6.45) is 0. The number of aryl methyl sites for hydroxylation is 1. The molecule has 3 aromatic carbocycles. The van der Waals surface area contributed by atoms with Gasteiger partial charge in [0.2, 0.25) is 0 Å². The molecular formula is C24H21N3O4. The molecule has 3 aromatic rings. The van der Waals surface area contributed by atoms with Gasteiger partial charge in [-0.2, -0.15) is 5.26 Å². The fraction of sp³-hybridized carbons (Fsp3) is 0.125. The summed E-state index contributed by atoms with van der Waals surface area (Å²) in [6.45, 7) is 1.86. The van der Waals surface area contributed by atoms with Gasteiger partial charge >= 0.3 is 0 Å². The Balaban J connectivity index is 1.77. The molecule has 7 nitrogen and oxygen atoms in total. The topological polar surface area (TPSA) is 100 Å².